The molecule has 2 atom stereocenters. The van der Waals surface area contributed by atoms with Gasteiger partial charge in [-0.3, -0.25) is 19.3 Å². The normalized spacial score (nSPS) is 17.1. The predicted molar refractivity (Wildman–Crippen MR) is 215 cm³/mol. The molecule has 2 amide bonds. The third kappa shape index (κ3) is 9.06. The summed E-state index contributed by atoms with van der Waals surface area (Å²) >= 11 is 7.74. The van der Waals surface area contributed by atoms with E-state index in [2.05, 4.69) is 25.0 Å². The second kappa shape index (κ2) is 17.5. The zero-order chi connectivity index (χ0) is 44.3. The van der Waals surface area contributed by atoms with Crippen molar-refractivity contribution in [2.24, 2.45) is 10.6 Å². The van der Waals surface area contributed by atoms with Crippen LogP contribution in [0, 0.1) is 5.41 Å². The third-order valence-electron chi connectivity index (χ3n) is 9.48. The summed E-state index contributed by atoms with van der Waals surface area (Å²) in [6.45, 7) is 3.47. The van der Waals surface area contributed by atoms with E-state index < -0.39 is 92.8 Å². The Morgan fingerprint density at radius 2 is 1.46 bits per heavy atom. The summed E-state index contributed by atoms with van der Waals surface area (Å²) in [5, 5.41) is 10.2. The lowest BCUT2D eigenvalue weighted by atomic mass is 9.77. The molecule has 3 aromatic carbocycles. The summed E-state index contributed by atoms with van der Waals surface area (Å²) in [4.78, 5) is 63.3. The molecule has 0 unspecified atom stereocenters. The Bertz CT molecular complexity index is 2380. The second-order valence-corrected chi connectivity index (χ2v) is 17.6. The number of nitrogens with zero attached hydrogens (tertiary/aromatic N) is 3. The molecule has 2 aliphatic rings. The molecule has 1 aromatic heterocycles. The first kappa shape index (κ1) is 44.6. The number of amides is 2. The van der Waals surface area contributed by atoms with Crippen molar-refractivity contribution in [3.05, 3.63) is 129 Å². The number of allylic oxidation sites excluding steroid dienone is 1. The molecule has 322 valence electrons. The lowest BCUT2D eigenvalue weighted by Gasteiger charge is -2.49. The molecule has 0 bridgehead atoms. The molecule has 6 rings (SSSR count). The molecular weight excluding hydrogens is 867 g/mol. The van der Waals surface area contributed by atoms with Gasteiger partial charge in [0.25, 0.3) is 11.8 Å². The predicted octanol–water partition coefficient (Wildman–Crippen LogP) is 6.21. The molecule has 15 nitrogen and oxygen atoms in total. The summed E-state index contributed by atoms with van der Waals surface area (Å²) in [6, 6.07) is 26.2. The highest BCUT2D eigenvalue weighted by Gasteiger charge is 2.57. The van der Waals surface area contributed by atoms with E-state index in [9.17, 15) is 40.8 Å². The number of aromatic nitrogens is 1. The largest absolute Gasteiger partial charge is 0.534 e. The van der Waals surface area contributed by atoms with Crippen LogP contribution in [0.5, 0.6) is 0 Å². The molecule has 1 saturated heterocycles. The number of carbonyl (C=O) groups excluding carboxylic acids is 4. The number of anilines is 1. The minimum absolute atomic E-state index is 0.00329. The molecule has 21 heteroatoms. The highest BCUT2D eigenvalue weighted by Crippen LogP contribution is 2.43. The number of oxime groups is 1. The number of rotatable bonds is 14. The SMILES string of the molecule is CO/N=C(/C(=O)N[C@@H]1C(=O)N2C(C(=O)OCOC(=O)C(C)(C)C)=C(OS(=O)(=O)C(F)(F)F)CC[C@H]12)c1nc(NC(c2ccccc2)(c2ccccc2)c2ccccc2)sc1Cl. The Balaban J connectivity index is 1.28. The maximum absolute atomic E-state index is 13.9. The Labute approximate surface area is 356 Å². The molecule has 0 aliphatic carbocycles. The smallest absolute Gasteiger partial charge is 0.427 e. The first-order chi connectivity index (χ1) is 28.8. The molecule has 61 heavy (non-hydrogen) atoms. The standard InChI is InChI=1S/C40H37ClF3N5O10S2/c1-38(2,3)36(53)58-22-57-35(52)31-27(59-61(54,55)40(42,43)44)21-20-26-28(34(51)49(26)31)45-33(50)30(48-56-4)29-32(41)60-37(46-29)47-39(23-14-8-5-9-15-23,24-16-10-6-11-17-24)25-18-12-7-13-19-25/h5-19,26,28H,20-22H2,1-4H3,(H,45,50)(H,46,47)/b48-30+/t26-,28+/m1/s1. The van der Waals surface area contributed by atoms with Gasteiger partial charge in [0.2, 0.25) is 6.79 Å². The van der Waals surface area contributed by atoms with Gasteiger partial charge in [0.15, 0.2) is 22.3 Å². The van der Waals surface area contributed by atoms with Crippen molar-refractivity contribution in [3.8, 4) is 0 Å². The van der Waals surface area contributed by atoms with E-state index in [4.69, 9.17) is 25.9 Å². The average molecular weight is 904 g/mol. The van der Waals surface area contributed by atoms with Crippen LogP contribution in [0.15, 0.2) is 108 Å². The fourth-order valence-electron chi connectivity index (χ4n) is 6.64. The van der Waals surface area contributed by atoms with E-state index in [1.165, 1.54) is 20.8 Å². The number of halogens is 4. The minimum atomic E-state index is -6.31. The van der Waals surface area contributed by atoms with Crippen LogP contribution in [0.4, 0.5) is 18.3 Å². The van der Waals surface area contributed by atoms with Crippen molar-refractivity contribution in [2.45, 2.75) is 56.7 Å². The van der Waals surface area contributed by atoms with E-state index >= 15 is 0 Å². The van der Waals surface area contributed by atoms with Gasteiger partial charge in [-0.05, 0) is 43.9 Å². The van der Waals surface area contributed by atoms with E-state index in [0.717, 1.165) is 35.1 Å². The van der Waals surface area contributed by atoms with E-state index in [-0.39, 0.29) is 21.6 Å². The molecule has 2 N–H and O–H groups in total. The Morgan fingerprint density at radius 1 is 0.918 bits per heavy atom. The van der Waals surface area contributed by atoms with Gasteiger partial charge in [-0.1, -0.05) is 119 Å². The Morgan fingerprint density at radius 3 is 1.95 bits per heavy atom. The summed E-state index contributed by atoms with van der Waals surface area (Å²) in [7, 11) is -5.15. The quantitative estimate of drug-likeness (QED) is 0.0213. The minimum Gasteiger partial charge on any atom is -0.427 e. The van der Waals surface area contributed by atoms with Gasteiger partial charge >= 0.3 is 27.6 Å². The van der Waals surface area contributed by atoms with Crippen LogP contribution in [0.2, 0.25) is 4.34 Å². The molecule has 2 aliphatic heterocycles. The van der Waals surface area contributed by atoms with Gasteiger partial charge in [0.1, 0.15) is 28.7 Å². The number of carbonyl (C=O) groups is 4. The topological polar surface area (TPSA) is 192 Å². The Hall–Kier alpha value is -5.99. The first-order valence-corrected chi connectivity index (χ1v) is 20.8. The fourth-order valence-corrected chi connectivity index (χ4v) is 8.26. The van der Waals surface area contributed by atoms with Crippen molar-refractivity contribution < 1.29 is 59.3 Å². The molecule has 0 spiro atoms. The number of benzene rings is 3. The molecule has 0 radical (unpaired) electrons. The van der Waals surface area contributed by atoms with Crippen molar-refractivity contribution >= 4 is 67.7 Å². The van der Waals surface area contributed by atoms with Crippen LogP contribution in [0.1, 0.15) is 56.0 Å². The Kier molecular flexibility index (Phi) is 12.8. The van der Waals surface area contributed by atoms with E-state index in [0.29, 0.717) is 4.90 Å². The second-order valence-electron chi connectivity index (χ2n) is 14.5. The lowest BCUT2D eigenvalue weighted by Crippen LogP contribution is -2.72. The van der Waals surface area contributed by atoms with Gasteiger partial charge in [-0.15, -0.1) is 0 Å². The summed E-state index contributed by atoms with van der Waals surface area (Å²) in [5.74, 6) is -5.46. The molecule has 3 heterocycles. The highest BCUT2D eigenvalue weighted by atomic mass is 35.5. The number of β-lactam (4-membered cyclic amide) rings is 1. The van der Waals surface area contributed by atoms with Crippen LogP contribution in [-0.2, 0) is 53.3 Å². The number of nitrogens with one attached hydrogen (secondary N) is 2. The summed E-state index contributed by atoms with van der Waals surface area (Å²) in [5.41, 5.74) is -7.00. The first-order valence-electron chi connectivity index (χ1n) is 18.2. The van der Waals surface area contributed by atoms with Gasteiger partial charge in [-0.2, -0.15) is 21.6 Å². The molecule has 1 fully saturated rings. The number of hydrogen-bond donors (Lipinski definition) is 2. The number of hydrogen-bond acceptors (Lipinski definition) is 14. The number of fused-ring (bicyclic) bond motifs is 1. The maximum Gasteiger partial charge on any atom is 0.534 e. The van der Waals surface area contributed by atoms with Crippen LogP contribution in [0.25, 0.3) is 0 Å². The van der Waals surface area contributed by atoms with Crippen LogP contribution in [-0.4, -0.2) is 79.3 Å². The summed E-state index contributed by atoms with van der Waals surface area (Å²) < 4.78 is 78.1. The number of esters is 2. The van der Waals surface area contributed by atoms with Crippen molar-refractivity contribution in [1.29, 1.82) is 0 Å². The summed E-state index contributed by atoms with van der Waals surface area (Å²) in [6.07, 6.45) is -0.904. The van der Waals surface area contributed by atoms with Crippen LogP contribution < -0.4 is 10.6 Å². The van der Waals surface area contributed by atoms with Crippen LogP contribution in [0.3, 0.4) is 0 Å². The van der Waals surface area contributed by atoms with Crippen molar-refractivity contribution in [3.63, 3.8) is 0 Å². The van der Waals surface area contributed by atoms with E-state index in [1.54, 1.807) is 0 Å². The molecule has 4 aromatic rings. The lowest BCUT2D eigenvalue weighted by molar-refractivity contribution is -0.174. The maximum atomic E-state index is 13.9. The third-order valence-corrected chi connectivity index (χ3v) is 11.6. The highest BCUT2D eigenvalue weighted by molar-refractivity contribution is 7.87. The van der Waals surface area contributed by atoms with Crippen molar-refractivity contribution in [1.82, 2.24) is 15.2 Å². The van der Waals surface area contributed by atoms with Gasteiger partial charge < -0.3 is 29.1 Å². The number of alkyl halides is 3. The fraction of sp³-hybridized carbons (Fsp3) is 0.300. The van der Waals surface area contributed by atoms with Crippen molar-refractivity contribution in [2.75, 3.05) is 19.2 Å². The van der Waals surface area contributed by atoms with Gasteiger partial charge in [0, 0.05) is 6.42 Å². The zero-order valence-electron chi connectivity index (χ0n) is 32.7. The molecule has 0 saturated carbocycles. The zero-order valence-corrected chi connectivity index (χ0v) is 35.1. The van der Waals surface area contributed by atoms with Gasteiger partial charge in [0.05, 0.1) is 11.5 Å². The number of ether oxygens (including phenoxy) is 2. The van der Waals surface area contributed by atoms with Gasteiger partial charge in [-0.25, -0.2) is 9.78 Å². The van der Waals surface area contributed by atoms with E-state index in [1.807, 2.05) is 91.0 Å². The number of thiazole rings is 1. The monoisotopic (exact) mass is 903 g/mol. The average Bonchev–Trinajstić information content (AvgIpc) is 3.59. The van der Waals surface area contributed by atoms with Crippen LogP contribution >= 0.6 is 22.9 Å². The molecular formula is C40H37ClF3N5O10S2.